The molecule has 0 unspecified atom stereocenters. The van der Waals surface area contributed by atoms with Gasteiger partial charge in [0.05, 0.1) is 7.11 Å². The maximum atomic E-state index is 11.0. The van der Waals surface area contributed by atoms with Crippen molar-refractivity contribution in [2.75, 3.05) is 7.11 Å². The number of benzene rings is 4. The van der Waals surface area contributed by atoms with Gasteiger partial charge < -0.3 is 9.84 Å². The second-order valence-corrected chi connectivity index (χ2v) is 7.96. The third-order valence-electron chi connectivity index (χ3n) is 6.05. The fourth-order valence-electron chi connectivity index (χ4n) is 4.62. The van der Waals surface area contributed by atoms with Gasteiger partial charge in [-0.15, -0.1) is 0 Å². The minimum absolute atomic E-state index is 0.166. The molecule has 4 aromatic rings. The van der Waals surface area contributed by atoms with Gasteiger partial charge in [-0.3, -0.25) is 0 Å². The lowest BCUT2D eigenvalue weighted by molar-refractivity contribution is 0.419. The summed E-state index contributed by atoms with van der Waals surface area (Å²) in [6.07, 6.45) is 0. The Hall–Kier alpha value is -3.26. The summed E-state index contributed by atoms with van der Waals surface area (Å²) in [6.45, 7) is 4.43. The Morgan fingerprint density at radius 1 is 0.786 bits per heavy atom. The van der Waals surface area contributed by atoms with E-state index in [1.54, 1.807) is 7.11 Å². The molecule has 2 nitrogen and oxygen atoms in total. The first-order valence-corrected chi connectivity index (χ1v) is 9.56. The summed E-state index contributed by atoms with van der Waals surface area (Å²) in [5, 5.41) is 12.8. The average Bonchev–Trinajstić information content (AvgIpc) is 2.95. The van der Waals surface area contributed by atoms with Crippen molar-refractivity contribution in [3.63, 3.8) is 0 Å². The Morgan fingerprint density at radius 2 is 1.50 bits per heavy atom. The highest BCUT2D eigenvalue weighted by molar-refractivity contribution is 6.09. The zero-order valence-corrected chi connectivity index (χ0v) is 16.3. The minimum atomic E-state index is -0.166. The van der Waals surface area contributed by atoms with Crippen LogP contribution in [0.1, 0.15) is 25.0 Å². The molecule has 2 heteroatoms. The number of hydrogen-bond donors (Lipinski definition) is 1. The van der Waals surface area contributed by atoms with Gasteiger partial charge in [0, 0.05) is 16.2 Å². The van der Waals surface area contributed by atoms with Crippen molar-refractivity contribution in [3.8, 4) is 33.8 Å². The monoisotopic (exact) mass is 366 g/mol. The van der Waals surface area contributed by atoms with Gasteiger partial charge in [0.2, 0.25) is 0 Å². The molecule has 0 heterocycles. The van der Waals surface area contributed by atoms with Crippen molar-refractivity contribution in [1.82, 2.24) is 0 Å². The maximum Gasteiger partial charge on any atom is 0.128 e. The van der Waals surface area contributed by atoms with Gasteiger partial charge in [-0.05, 0) is 51.6 Å². The summed E-state index contributed by atoms with van der Waals surface area (Å²) >= 11 is 0. The van der Waals surface area contributed by atoms with E-state index < -0.39 is 0 Å². The molecule has 0 saturated carbocycles. The Labute approximate surface area is 165 Å². The van der Waals surface area contributed by atoms with E-state index in [0.717, 1.165) is 33.2 Å². The lowest BCUT2D eigenvalue weighted by Crippen LogP contribution is -2.14. The molecule has 0 aromatic heterocycles. The summed E-state index contributed by atoms with van der Waals surface area (Å²) in [4.78, 5) is 0. The van der Waals surface area contributed by atoms with Crippen LogP contribution < -0.4 is 4.74 Å². The van der Waals surface area contributed by atoms with Gasteiger partial charge in [-0.2, -0.15) is 0 Å². The number of phenols is 1. The molecule has 138 valence electrons. The fraction of sp³-hybridized carbons (Fsp3) is 0.154. The van der Waals surface area contributed by atoms with Crippen LogP contribution >= 0.6 is 0 Å². The molecule has 28 heavy (non-hydrogen) atoms. The van der Waals surface area contributed by atoms with Crippen molar-refractivity contribution >= 4 is 10.8 Å². The van der Waals surface area contributed by atoms with Crippen LogP contribution in [0.3, 0.4) is 0 Å². The lowest BCUT2D eigenvalue weighted by atomic mass is 9.81. The predicted octanol–water partition coefficient (Wildman–Crippen LogP) is 6.53. The van der Waals surface area contributed by atoms with Gasteiger partial charge in [0.1, 0.15) is 11.5 Å². The topological polar surface area (TPSA) is 29.5 Å². The molecule has 5 rings (SSSR count). The average molecular weight is 366 g/mol. The van der Waals surface area contributed by atoms with Crippen LogP contribution in [0.5, 0.6) is 11.5 Å². The zero-order valence-electron chi connectivity index (χ0n) is 16.3. The number of fused-ring (bicyclic) bond motifs is 5. The van der Waals surface area contributed by atoms with E-state index >= 15 is 0 Å². The van der Waals surface area contributed by atoms with Crippen molar-refractivity contribution in [2.45, 2.75) is 19.3 Å². The van der Waals surface area contributed by atoms with Gasteiger partial charge in [-0.1, -0.05) is 68.4 Å². The predicted molar refractivity (Wildman–Crippen MR) is 115 cm³/mol. The van der Waals surface area contributed by atoms with Crippen LogP contribution in [0.25, 0.3) is 33.0 Å². The Kier molecular flexibility index (Phi) is 3.54. The highest BCUT2D eigenvalue weighted by Crippen LogP contribution is 2.55. The molecule has 0 atom stereocenters. The summed E-state index contributed by atoms with van der Waals surface area (Å²) < 4.78 is 5.84. The summed E-state index contributed by atoms with van der Waals surface area (Å²) in [6, 6.07) is 24.8. The number of ether oxygens (including phenoxy) is 1. The second-order valence-electron chi connectivity index (χ2n) is 7.96. The molecular formula is C26H22O2. The van der Waals surface area contributed by atoms with Crippen LogP contribution in [0.15, 0.2) is 72.8 Å². The first-order valence-electron chi connectivity index (χ1n) is 9.56. The van der Waals surface area contributed by atoms with Crippen LogP contribution in [-0.2, 0) is 5.41 Å². The lowest BCUT2D eigenvalue weighted by Gasteiger charge is -2.22. The third-order valence-corrected chi connectivity index (χ3v) is 6.05. The van der Waals surface area contributed by atoms with Gasteiger partial charge in [0.15, 0.2) is 0 Å². The highest BCUT2D eigenvalue weighted by Gasteiger charge is 2.37. The zero-order chi connectivity index (χ0) is 19.5. The molecule has 0 saturated heterocycles. The van der Waals surface area contributed by atoms with E-state index in [2.05, 4.69) is 62.4 Å². The molecule has 0 bridgehead atoms. The van der Waals surface area contributed by atoms with E-state index in [1.807, 2.05) is 24.3 Å². The SMILES string of the molecule is COc1cc(-c2ccccc2)cc2c(O)cc3c(c12)-c1ccccc1C3(C)C. The van der Waals surface area contributed by atoms with Crippen LogP contribution in [-0.4, -0.2) is 12.2 Å². The second kappa shape index (κ2) is 5.87. The molecule has 0 radical (unpaired) electrons. The number of methoxy groups -OCH3 is 1. The van der Waals surface area contributed by atoms with E-state index in [9.17, 15) is 5.11 Å². The van der Waals surface area contributed by atoms with E-state index in [1.165, 1.54) is 16.7 Å². The third kappa shape index (κ3) is 2.21. The largest absolute Gasteiger partial charge is 0.507 e. The van der Waals surface area contributed by atoms with Crippen molar-refractivity contribution in [1.29, 1.82) is 0 Å². The summed E-state index contributed by atoms with van der Waals surface area (Å²) in [5.74, 6) is 1.08. The fourth-order valence-corrected chi connectivity index (χ4v) is 4.62. The van der Waals surface area contributed by atoms with Crippen molar-refractivity contribution in [3.05, 3.63) is 83.9 Å². The van der Waals surface area contributed by atoms with E-state index in [0.29, 0.717) is 5.75 Å². The van der Waals surface area contributed by atoms with Crippen LogP contribution in [0.4, 0.5) is 0 Å². The number of hydrogen-bond acceptors (Lipinski definition) is 2. The van der Waals surface area contributed by atoms with Crippen LogP contribution in [0.2, 0.25) is 0 Å². The Bertz CT molecular complexity index is 1220. The first-order chi connectivity index (χ1) is 13.5. The Morgan fingerprint density at radius 3 is 2.25 bits per heavy atom. The molecule has 0 fully saturated rings. The molecule has 0 amide bonds. The van der Waals surface area contributed by atoms with Crippen molar-refractivity contribution < 1.29 is 9.84 Å². The normalized spacial score (nSPS) is 14.0. The summed E-state index contributed by atoms with van der Waals surface area (Å²) in [5.41, 5.74) is 6.79. The highest BCUT2D eigenvalue weighted by atomic mass is 16.5. The van der Waals surface area contributed by atoms with Crippen molar-refractivity contribution in [2.24, 2.45) is 0 Å². The first kappa shape index (κ1) is 16.9. The molecule has 1 aliphatic rings. The maximum absolute atomic E-state index is 11.0. The molecule has 4 aromatic carbocycles. The van der Waals surface area contributed by atoms with Gasteiger partial charge in [-0.25, -0.2) is 0 Å². The molecule has 1 aliphatic carbocycles. The number of aromatic hydroxyl groups is 1. The van der Waals surface area contributed by atoms with Gasteiger partial charge in [0.25, 0.3) is 0 Å². The molecule has 0 aliphatic heterocycles. The Balaban J connectivity index is 1.91. The smallest absolute Gasteiger partial charge is 0.128 e. The molecular weight excluding hydrogens is 344 g/mol. The standard InChI is InChI=1S/C26H22O2/c1-26(2)20-12-8-7-11-18(20)24-21(26)15-22(27)19-13-17(14-23(28-3)25(19)24)16-9-5-4-6-10-16/h4-15,27H,1-3H3. The quantitative estimate of drug-likeness (QED) is 0.437. The number of phenolic OH excluding ortho intramolecular Hbond substituents is 1. The minimum Gasteiger partial charge on any atom is -0.507 e. The summed E-state index contributed by atoms with van der Waals surface area (Å²) in [7, 11) is 1.70. The molecule has 0 spiro atoms. The molecule has 1 N–H and O–H groups in total. The van der Waals surface area contributed by atoms with E-state index in [4.69, 9.17) is 4.74 Å². The number of rotatable bonds is 2. The van der Waals surface area contributed by atoms with E-state index in [-0.39, 0.29) is 5.41 Å². The van der Waals surface area contributed by atoms with Crippen LogP contribution in [0, 0.1) is 0 Å². The van der Waals surface area contributed by atoms with Gasteiger partial charge >= 0.3 is 0 Å².